The maximum Gasteiger partial charge on any atom is 0.0547 e. The molecule has 0 amide bonds. The van der Waals surface area contributed by atoms with Crippen LogP contribution in [0.25, 0.3) is 0 Å². The molecule has 11 heavy (non-hydrogen) atoms. The molecule has 0 fully saturated rings. The lowest BCUT2D eigenvalue weighted by Gasteiger charge is -2.08. The second-order valence-electron chi connectivity index (χ2n) is 3.57. The third kappa shape index (κ3) is 6.97. The van der Waals surface area contributed by atoms with Crippen LogP contribution >= 0.6 is 0 Å². The van der Waals surface area contributed by atoms with Crippen molar-refractivity contribution in [3.63, 3.8) is 0 Å². The molecule has 2 nitrogen and oxygen atoms in total. The highest BCUT2D eigenvalue weighted by Crippen LogP contribution is 2.08. The molecule has 0 heterocycles. The zero-order valence-corrected chi connectivity index (χ0v) is 7.76. The molecular formula is C9H16N2. The van der Waals surface area contributed by atoms with E-state index in [0.29, 0.717) is 0 Å². The van der Waals surface area contributed by atoms with Crippen molar-refractivity contribution in [2.75, 3.05) is 0 Å². The van der Waals surface area contributed by atoms with Crippen molar-refractivity contribution >= 4 is 12.9 Å². The molecule has 62 valence electrons. The van der Waals surface area contributed by atoms with E-state index < -0.39 is 0 Å². The first kappa shape index (κ1) is 10.1. The van der Waals surface area contributed by atoms with E-state index in [0.717, 1.165) is 5.70 Å². The van der Waals surface area contributed by atoms with Gasteiger partial charge in [0.25, 0.3) is 0 Å². The summed E-state index contributed by atoms with van der Waals surface area (Å²) in [6, 6.07) is 0. The molecule has 0 N–H and O–H groups in total. The molecular weight excluding hydrogens is 136 g/mol. The van der Waals surface area contributed by atoms with Gasteiger partial charge in [0.15, 0.2) is 0 Å². The predicted octanol–water partition coefficient (Wildman–Crippen LogP) is 2.67. The molecule has 0 saturated carbocycles. The Labute approximate surface area is 68.8 Å². The molecule has 0 rings (SSSR count). The number of hydrogen-bond acceptors (Lipinski definition) is 2. The van der Waals surface area contributed by atoms with E-state index >= 15 is 0 Å². The van der Waals surface area contributed by atoms with Gasteiger partial charge in [-0.15, -0.1) is 0 Å². The average molecular weight is 152 g/mol. The van der Waals surface area contributed by atoms with Crippen LogP contribution < -0.4 is 0 Å². The maximum absolute atomic E-state index is 4.09. The molecule has 0 spiro atoms. The topological polar surface area (TPSA) is 24.7 Å². The molecule has 2 heteroatoms. The van der Waals surface area contributed by atoms with E-state index in [2.05, 4.69) is 37.5 Å². The molecule has 0 saturated heterocycles. The first-order valence-electron chi connectivity index (χ1n) is 3.63. The lowest BCUT2D eigenvalue weighted by atomic mass is 9.99. The molecule has 0 radical (unpaired) electrons. The van der Waals surface area contributed by atoms with E-state index in [1.165, 1.54) is 0 Å². The SMILES string of the molecule is C=N/C(C)=C\N=CC(C)(C)C. The van der Waals surface area contributed by atoms with Gasteiger partial charge < -0.3 is 0 Å². The summed E-state index contributed by atoms with van der Waals surface area (Å²) >= 11 is 0. The summed E-state index contributed by atoms with van der Waals surface area (Å²) in [6.45, 7) is 11.5. The Hall–Kier alpha value is -0.920. The second-order valence-corrected chi connectivity index (χ2v) is 3.57. The monoisotopic (exact) mass is 152 g/mol. The predicted molar refractivity (Wildman–Crippen MR) is 51.3 cm³/mol. The van der Waals surface area contributed by atoms with Crippen LogP contribution in [0.15, 0.2) is 21.9 Å². The molecule has 0 aromatic heterocycles. The van der Waals surface area contributed by atoms with Crippen LogP contribution in [0, 0.1) is 5.41 Å². The summed E-state index contributed by atoms with van der Waals surface area (Å²) in [7, 11) is 0. The summed E-state index contributed by atoms with van der Waals surface area (Å²) in [5.74, 6) is 0. The van der Waals surface area contributed by atoms with Gasteiger partial charge in [-0.2, -0.15) is 0 Å². The van der Waals surface area contributed by atoms with E-state index in [1.54, 1.807) is 6.20 Å². The summed E-state index contributed by atoms with van der Waals surface area (Å²) in [4.78, 5) is 7.80. The van der Waals surface area contributed by atoms with Gasteiger partial charge in [0.1, 0.15) is 0 Å². The Morgan fingerprint density at radius 2 is 1.91 bits per heavy atom. The summed E-state index contributed by atoms with van der Waals surface area (Å²) in [5.41, 5.74) is 0.975. The highest BCUT2D eigenvalue weighted by atomic mass is 14.8. The van der Waals surface area contributed by atoms with Crippen molar-refractivity contribution in [2.45, 2.75) is 27.7 Å². The van der Waals surface area contributed by atoms with Gasteiger partial charge >= 0.3 is 0 Å². The van der Waals surface area contributed by atoms with Crippen molar-refractivity contribution in [1.82, 2.24) is 0 Å². The molecule has 0 aliphatic carbocycles. The fourth-order valence-electron chi connectivity index (χ4n) is 0.410. The Balaban J connectivity index is 4.06. The summed E-state index contributed by atoms with van der Waals surface area (Å²) in [6.07, 6.45) is 3.60. The van der Waals surface area contributed by atoms with Crippen molar-refractivity contribution in [3.8, 4) is 0 Å². The van der Waals surface area contributed by atoms with E-state index in [4.69, 9.17) is 0 Å². The molecule has 0 aromatic carbocycles. The highest BCUT2D eigenvalue weighted by Gasteiger charge is 2.03. The van der Waals surface area contributed by atoms with E-state index in [1.807, 2.05) is 13.1 Å². The van der Waals surface area contributed by atoms with E-state index in [-0.39, 0.29) is 5.41 Å². The fraction of sp³-hybridized carbons (Fsp3) is 0.556. The van der Waals surface area contributed by atoms with Gasteiger partial charge in [-0.05, 0) is 19.1 Å². The third-order valence-electron chi connectivity index (χ3n) is 0.973. The van der Waals surface area contributed by atoms with Crippen molar-refractivity contribution in [1.29, 1.82) is 0 Å². The standard InChI is InChI=1S/C9H16N2/c1-8(10-5)6-11-7-9(2,3)4/h6-7H,5H2,1-4H3/b8-6-,11-7?. The van der Waals surface area contributed by atoms with Gasteiger partial charge in [0.05, 0.1) is 5.70 Å². The van der Waals surface area contributed by atoms with Gasteiger partial charge in [0, 0.05) is 12.4 Å². The lowest BCUT2D eigenvalue weighted by Crippen LogP contribution is -2.05. The minimum absolute atomic E-state index is 0.137. The van der Waals surface area contributed by atoms with Crippen LogP contribution in [-0.2, 0) is 0 Å². The largest absolute Gasteiger partial charge is 0.268 e. The van der Waals surface area contributed by atoms with Crippen molar-refractivity contribution < 1.29 is 0 Å². The minimum atomic E-state index is 0.137. The van der Waals surface area contributed by atoms with Gasteiger partial charge in [-0.25, -0.2) is 0 Å². The lowest BCUT2D eigenvalue weighted by molar-refractivity contribution is 0.607. The maximum atomic E-state index is 4.09. The molecule has 0 atom stereocenters. The zero-order valence-electron chi connectivity index (χ0n) is 7.76. The number of aliphatic imine (C=N–C) groups is 2. The number of hydrogen-bond donors (Lipinski definition) is 0. The Kier molecular flexibility index (Phi) is 3.72. The zero-order chi connectivity index (χ0) is 8.91. The number of allylic oxidation sites excluding steroid dienone is 1. The van der Waals surface area contributed by atoms with Crippen molar-refractivity contribution in [3.05, 3.63) is 11.9 Å². The van der Waals surface area contributed by atoms with Crippen LogP contribution in [0.5, 0.6) is 0 Å². The van der Waals surface area contributed by atoms with Crippen LogP contribution in [0.3, 0.4) is 0 Å². The Bertz CT molecular complexity index is 182. The van der Waals surface area contributed by atoms with Crippen LogP contribution in [0.2, 0.25) is 0 Å². The molecule has 0 aliphatic rings. The number of nitrogens with zero attached hydrogens (tertiary/aromatic N) is 2. The van der Waals surface area contributed by atoms with Crippen molar-refractivity contribution in [2.24, 2.45) is 15.4 Å². The molecule has 0 bridgehead atoms. The number of rotatable bonds is 2. The first-order valence-corrected chi connectivity index (χ1v) is 3.63. The fourth-order valence-corrected chi connectivity index (χ4v) is 0.410. The van der Waals surface area contributed by atoms with Gasteiger partial charge in [-0.3, -0.25) is 9.98 Å². The highest BCUT2D eigenvalue weighted by molar-refractivity contribution is 5.64. The van der Waals surface area contributed by atoms with Crippen LogP contribution in [0.4, 0.5) is 0 Å². The van der Waals surface area contributed by atoms with Gasteiger partial charge in [-0.1, -0.05) is 20.8 Å². The summed E-state index contributed by atoms with van der Waals surface area (Å²) in [5, 5.41) is 0. The quantitative estimate of drug-likeness (QED) is 0.543. The molecule has 0 aliphatic heterocycles. The molecule has 0 aromatic rings. The normalized spacial score (nSPS) is 14.0. The van der Waals surface area contributed by atoms with Crippen LogP contribution in [-0.4, -0.2) is 12.9 Å². The first-order chi connectivity index (χ1) is 4.95. The van der Waals surface area contributed by atoms with Crippen LogP contribution in [0.1, 0.15) is 27.7 Å². The molecule has 0 unspecified atom stereocenters. The third-order valence-corrected chi connectivity index (χ3v) is 0.973. The Morgan fingerprint density at radius 1 is 1.36 bits per heavy atom. The second kappa shape index (κ2) is 4.06. The minimum Gasteiger partial charge on any atom is -0.268 e. The van der Waals surface area contributed by atoms with Gasteiger partial charge in [0.2, 0.25) is 0 Å². The average Bonchev–Trinajstić information content (AvgIpc) is 1.85. The van der Waals surface area contributed by atoms with E-state index in [9.17, 15) is 0 Å². The Morgan fingerprint density at radius 3 is 2.27 bits per heavy atom. The smallest absolute Gasteiger partial charge is 0.0547 e. The summed E-state index contributed by atoms with van der Waals surface area (Å²) < 4.78 is 0.